The second-order valence-electron chi connectivity index (χ2n) is 4.00. The molecule has 1 rings (SSSR count). The van der Waals surface area contributed by atoms with Gasteiger partial charge in [0.1, 0.15) is 0 Å². The highest BCUT2D eigenvalue weighted by atomic mass is 16.4. The summed E-state index contributed by atoms with van der Waals surface area (Å²) in [4.78, 5) is 33.6. The van der Waals surface area contributed by atoms with E-state index in [4.69, 9.17) is 10.2 Å². The third-order valence-electron chi connectivity index (χ3n) is 2.16. The Hall–Kier alpha value is -2.37. The van der Waals surface area contributed by atoms with E-state index in [0.29, 0.717) is 0 Å². The average molecular weight is 251 g/mol. The second kappa shape index (κ2) is 5.31. The molecule has 0 bridgehead atoms. The lowest BCUT2D eigenvalue weighted by molar-refractivity contribution is 0.0678. The molecule has 0 saturated carbocycles. The predicted molar refractivity (Wildman–Crippen MR) is 63.0 cm³/mol. The van der Waals surface area contributed by atoms with Gasteiger partial charge in [-0.05, 0) is 32.0 Å². The second-order valence-corrected chi connectivity index (χ2v) is 4.00. The van der Waals surface area contributed by atoms with Crippen LogP contribution in [-0.4, -0.2) is 34.1 Å². The smallest absolute Gasteiger partial charge is 0.336 e. The molecule has 0 radical (unpaired) electrons. The summed E-state index contributed by atoms with van der Waals surface area (Å²) < 4.78 is 0. The Labute approximate surface area is 103 Å². The Morgan fingerprint density at radius 1 is 1.06 bits per heavy atom. The zero-order valence-corrected chi connectivity index (χ0v) is 9.93. The van der Waals surface area contributed by atoms with Crippen molar-refractivity contribution in [3.05, 3.63) is 34.9 Å². The van der Waals surface area contributed by atoms with Crippen molar-refractivity contribution in [3.8, 4) is 0 Å². The van der Waals surface area contributed by atoms with E-state index in [0.717, 1.165) is 18.2 Å². The van der Waals surface area contributed by atoms with Crippen LogP contribution >= 0.6 is 0 Å². The molecule has 0 aliphatic heterocycles. The van der Waals surface area contributed by atoms with Crippen LogP contribution in [0.1, 0.15) is 44.9 Å². The zero-order chi connectivity index (χ0) is 13.9. The summed E-state index contributed by atoms with van der Waals surface area (Å²) in [5.41, 5.74) is -0.511. The van der Waals surface area contributed by atoms with Gasteiger partial charge in [-0.15, -0.1) is 0 Å². The van der Waals surface area contributed by atoms with E-state index >= 15 is 0 Å². The van der Waals surface area contributed by atoms with Gasteiger partial charge in [-0.3, -0.25) is 4.79 Å². The average Bonchev–Trinajstić information content (AvgIpc) is 2.26. The van der Waals surface area contributed by atoms with Crippen molar-refractivity contribution in [1.82, 2.24) is 5.32 Å². The Morgan fingerprint density at radius 2 is 1.67 bits per heavy atom. The van der Waals surface area contributed by atoms with E-state index in [-0.39, 0.29) is 22.7 Å². The molecule has 0 aliphatic rings. The molecule has 6 heteroatoms. The molecule has 0 atom stereocenters. The normalized spacial score (nSPS) is 10.2. The van der Waals surface area contributed by atoms with Gasteiger partial charge in [0.15, 0.2) is 0 Å². The van der Waals surface area contributed by atoms with Crippen LogP contribution in [0.25, 0.3) is 0 Å². The van der Waals surface area contributed by atoms with Gasteiger partial charge in [-0.2, -0.15) is 0 Å². The van der Waals surface area contributed by atoms with E-state index in [1.54, 1.807) is 13.8 Å². The maximum atomic E-state index is 11.8. The van der Waals surface area contributed by atoms with Gasteiger partial charge < -0.3 is 15.5 Å². The molecule has 1 aromatic rings. The van der Waals surface area contributed by atoms with Crippen LogP contribution < -0.4 is 5.32 Å². The maximum absolute atomic E-state index is 11.8. The number of rotatable bonds is 4. The molecule has 0 saturated heterocycles. The Kier molecular flexibility index (Phi) is 4.04. The lowest BCUT2D eigenvalue weighted by Crippen LogP contribution is -2.31. The highest BCUT2D eigenvalue weighted by Gasteiger charge is 2.19. The van der Waals surface area contributed by atoms with Crippen molar-refractivity contribution < 1.29 is 24.6 Å². The quantitative estimate of drug-likeness (QED) is 0.746. The number of carboxylic acid groups (broad SMARTS) is 2. The Morgan fingerprint density at radius 3 is 2.11 bits per heavy atom. The molecule has 3 N–H and O–H groups in total. The first kappa shape index (κ1) is 13.7. The molecular weight excluding hydrogens is 238 g/mol. The summed E-state index contributed by atoms with van der Waals surface area (Å²) in [6.45, 7) is 3.44. The maximum Gasteiger partial charge on any atom is 0.336 e. The van der Waals surface area contributed by atoms with Gasteiger partial charge in [0.2, 0.25) is 0 Å². The van der Waals surface area contributed by atoms with Gasteiger partial charge in [-0.1, -0.05) is 0 Å². The van der Waals surface area contributed by atoms with Crippen LogP contribution in [0.2, 0.25) is 0 Å². The van der Waals surface area contributed by atoms with Gasteiger partial charge >= 0.3 is 11.9 Å². The standard InChI is InChI=1S/C12H13NO5/c1-6(2)13-10(14)9-5-7(11(15)16)3-4-8(9)12(17)18/h3-6H,1-2H3,(H,13,14)(H,15,16)(H,17,18). The predicted octanol–water partition coefficient (Wildman–Crippen LogP) is 1.22. The fourth-order valence-electron chi connectivity index (χ4n) is 1.39. The number of carboxylic acids is 2. The highest BCUT2D eigenvalue weighted by Crippen LogP contribution is 2.13. The van der Waals surface area contributed by atoms with E-state index in [1.807, 2.05) is 0 Å². The molecule has 0 heterocycles. The monoisotopic (exact) mass is 251 g/mol. The lowest BCUT2D eigenvalue weighted by atomic mass is 10.0. The summed E-state index contributed by atoms with van der Waals surface area (Å²) in [7, 11) is 0. The molecule has 0 fully saturated rings. The molecule has 18 heavy (non-hydrogen) atoms. The third kappa shape index (κ3) is 3.07. The van der Waals surface area contributed by atoms with Crippen molar-refractivity contribution in [2.75, 3.05) is 0 Å². The Bertz CT molecular complexity index is 507. The van der Waals surface area contributed by atoms with Crippen LogP contribution in [-0.2, 0) is 0 Å². The lowest BCUT2D eigenvalue weighted by Gasteiger charge is -2.11. The van der Waals surface area contributed by atoms with Gasteiger partial charge in [0.05, 0.1) is 16.7 Å². The molecule has 0 aliphatic carbocycles. The number of hydrogen-bond acceptors (Lipinski definition) is 3. The van der Waals surface area contributed by atoms with Gasteiger partial charge in [0.25, 0.3) is 5.91 Å². The summed E-state index contributed by atoms with van der Waals surface area (Å²) in [6.07, 6.45) is 0. The van der Waals surface area contributed by atoms with E-state index in [2.05, 4.69) is 5.32 Å². The molecular formula is C12H13NO5. The molecule has 1 amide bonds. The molecule has 96 valence electrons. The molecule has 6 nitrogen and oxygen atoms in total. The minimum Gasteiger partial charge on any atom is -0.478 e. The summed E-state index contributed by atoms with van der Waals surface area (Å²) in [5, 5.41) is 20.3. The SMILES string of the molecule is CC(C)NC(=O)c1cc(C(=O)O)ccc1C(=O)O. The largest absolute Gasteiger partial charge is 0.478 e. The van der Waals surface area contributed by atoms with Crippen LogP contribution in [0.4, 0.5) is 0 Å². The number of amides is 1. The van der Waals surface area contributed by atoms with Crippen molar-refractivity contribution in [3.63, 3.8) is 0 Å². The van der Waals surface area contributed by atoms with Crippen LogP contribution in [0.15, 0.2) is 18.2 Å². The zero-order valence-electron chi connectivity index (χ0n) is 9.93. The number of aromatic carboxylic acids is 2. The van der Waals surface area contributed by atoms with Crippen molar-refractivity contribution in [2.24, 2.45) is 0 Å². The Balaban J connectivity index is 3.27. The first-order valence-electron chi connectivity index (χ1n) is 5.24. The molecule has 0 spiro atoms. The molecule has 0 aromatic heterocycles. The van der Waals surface area contributed by atoms with Crippen molar-refractivity contribution in [1.29, 1.82) is 0 Å². The van der Waals surface area contributed by atoms with E-state index < -0.39 is 17.8 Å². The van der Waals surface area contributed by atoms with E-state index in [1.165, 1.54) is 0 Å². The van der Waals surface area contributed by atoms with Gasteiger partial charge in [0, 0.05) is 6.04 Å². The highest BCUT2D eigenvalue weighted by molar-refractivity contribution is 6.06. The van der Waals surface area contributed by atoms with Crippen molar-refractivity contribution >= 4 is 17.8 Å². The number of carbonyl (C=O) groups is 3. The van der Waals surface area contributed by atoms with Gasteiger partial charge in [-0.25, -0.2) is 9.59 Å². The number of carbonyl (C=O) groups excluding carboxylic acids is 1. The summed E-state index contributed by atoms with van der Waals surface area (Å²) >= 11 is 0. The van der Waals surface area contributed by atoms with Crippen LogP contribution in [0.3, 0.4) is 0 Å². The van der Waals surface area contributed by atoms with Crippen LogP contribution in [0, 0.1) is 0 Å². The van der Waals surface area contributed by atoms with E-state index in [9.17, 15) is 14.4 Å². The molecule has 1 aromatic carbocycles. The first-order valence-corrected chi connectivity index (χ1v) is 5.24. The number of nitrogens with one attached hydrogen (secondary N) is 1. The number of benzene rings is 1. The molecule has 0 unspecified atom stereocenters. The fraction of sp³-hybridized carbons (Fsp3) is 0.250. The number of hydrogen-bond donors (Lipinski definition) is 3. The summed E-state index contributed by atoms with van der Waals surface area (Å²) in [6, 6.07) is 3.15. The minimum absolute atomic E-state index is 0.131. The third-order valence-corrected chi connectivity index (χ3v) is 2.16. The topological polar surface area (TPSA) is 104 Å². The minimum atomic E-state index is -1.28. The fourth-order valence-corrected chi connectivity index (χ4v) is 1.39. The van der Waals surface area contributed by atoms with Crippen molar-refractivity contribution in [2.45, 2.75) is 19.9 Å². The first-order chi connectivity index (χ1) is 8.32. The summed E-state index contributed by atoms with van der Waals surface area (Å²) in [5.74, 6) is -3.10. The van der Waals surface area contributed by atoms with Crippen LogP contribution in [0.5, 0.6) is 0 Å².